The number of amides is 1. The first-order chi connectivity index (χ1) is 27.0. The molecule has 306 valence electrons. The maximum Gasteiger partial charge on any atom is 0.410 e. The van der Waals surface area contributed by atoms with Gasteiger partial charge < -0.3 is 34.0 Å². The fourth-order valence-corrected chi connectivity index (χ4v) is 8.46. The van der Waals surface area contributed by atoms with E-state index in [4.69, 9.17) is 40.5 Å². The van der Waals surface area contributed by atoms with Crippen molar-refractivity contribution in [3.63, 3.8) is 0 Å². The molecule has 2 aromatic rings. The van der Waals surface area contributed by atoms with E-state index in [1.807, 2.05) is 39.0 Å². The first kappa shape index (κ1) is 43.2. The Balaban J connectivity index is 1.81. The quantitative estimate of drug-likeness (QED) is 0.0592. The Labute approximate surface area is 335 Å². The lowest BCUT2D eigenvalue weighted by atomic mass is 9.55. The van der Waals surface area contributed by atoms with Crippen LogP contribution in [0.5, 0.6) is 11.5 Å². The van der Waals surface area contributed by atoms with Gasteiger partial charge in [-0.1, -0.05) is 54.9 Å². The normalized spacial score (nSPS) is 24.6. The van der Waals surface area contributed by atoms with Gasteiger partial charge in [0.15, 0.2) is 0 Å². The maximum atomic E-state index is 14.3. The van der Waals surface area contributed by atoms with E-state index < -0.39 is 35.3 Å². The molecule has 0 unspecified atom stereocenters. The standard InChI is InChI=1S/C44H58ClFN2O8/c1-6-23-52-33-18-19-38-36(27-33)40-34(13-9-11-22-50)31(12-8-10-21-49)26-35-37(47-56-43(3,4)5)28-39(44(55-38,41(35)40)54-24-7-2)48(42(51)53-25-20-45)29-30-14-16-32(46)17-15-30/h6-7,14-19,26-27,31,34,39-41,49-50H,1-2,8-13,20-25,28-29H2,3-5H3/t31-,34+,39-,40+,41+,44+/m0/s1. The van der Waals surface area contributed by atoms with Gasteiger partial charge in [-0.2, -0.15) is 0 Å². The van der Waals surface area contributed by atoms with Gasteiger partial charge in [0, 0.05) is 37.7 Å². The number of hydrogen-bond donors (Lipinski definition) is 2. The van der Waals surface area contributed by atoms with Crippen molar-refractivity contribution in [1.82, 2.24) is 4.90 Å². The third-order valence-electron chi connectivity index (χ3n) is 10.6. The van der Waals surface area contributed by atoms with Crippen LogP contribution in [-0.4, -0.2) is 83.3 Å². The molecule has 2 N–H and O–H groups in total. The molecule has 0 aromatic heterocycles. The maximum absolute atomic E-state index is 14.3. The minimum atomic E-state index is -1.49. The Bertz CT molecular complexity index is 1690. The van der Waals surface area contributed by atoms with Crippen LogP contribution in [0.4, 0.5) is 9.18 Å². The predicted molar refractivity (Wildman–Crippen MR) is 215 cm³/mol. The van der Waals surface area contributed by atoms with Crippen LogP contribution in [0.25, 0.3) is 0 Å². The number of halogens is 2. The van der Waals surface area contributed by atoms with E-state index in [1.165, 1.54) is 12.1 Å². The summed E-state index contributed by atoms with van der Waals surface area (Å²) < 4.78 is 40.2. The second-order valence-corrected chi connectivity index (χ2v) is 16.0. The second-order valence-electron chi connectivity index (χ2n) is 15.6. The molecule has 1 fully saturated rings. The number of nitrogens with zero attached hydrogens (tertiary/aromatic N) is 2. The molecule has 1 heterocycles. The highest BCUT2D eigenvalue weighted by Crippen LogP contribution is 2.62. The van der Waals surface area contributed by atoms with E-state index in [9.17, 15) is 19.4 Å². The number of alkyl halides is 1. The summed E-state index contributed by atoms with van der Waals surface area (Å²) in [5, 5.41) is 24.5. The summed E-state index contributed by atoms with van der Waals surface area (Å²) >= 11 is 6.03. The van der Waals surface area contributed by atoms with E-state index in [2.05, 4.69) is 19.2 Å². The van der Waals surface area contributed by atoms with Crippen LogP contribution in [0.1, 0.15) is 82.8 Å². The Morgan fingerprint density at radius 2 is 1.77 bits per heavy atom. The SMILES string of the molecule is C=CCOc1ccc2c(c1)[C@H]1[C@H](CCCCO)[C@@H](CCCCO)C=C3C(=NOC(C)(C)C)C[C@H](N(Cc4ccc(F)cc4)C(=O)OCCCl)[C@@](OCC=C)(O2)[C@H]31. The summed E-state index contributed by atoms with van der Waals surface area (Å²) in [6, 6.07) is 10.9. The number of fused-ring (bicyclic) bond motifs is 2. The van der Waals surface area contributed by atoms with Crippen LogP contribution in [0.2, 0.25) is 0 Å². The fraction of sp³-hybridized carbons (Fsp3) is 0.545. The van der Waals surface area contributed by atoms with E-state index >= 15 is 0 Å². The molecule has 10 nitrogen and oxygen atoms in total. The molecule has 5 rings (SSSR count). The van der Waals surface area contributed by atoms with Crippen molar-refractivity contribution in [2.45, 2.75) is 95.6 Å². The van der Waals surface area contributed by atoms with E-state index in [0.717, 1.165) is 36.8 Å². The zero-order chi connectivity index (χ0) is 40.3. The number of ether oxygens (including phenoxy) is 4. The van der Waals surface area contributed by atoms with Gasteiger partial charge in [0.25, 0.3) is 0 Å². The van der Waals surface area contributed by atoms with E-state index in [1.54, 1.807) is 29.2 Å². The molecule has 0 bridgehead atoms. The molecule has 0 saturated heterocycles. The molecular weight excluding hydrogens is 739 g/mol. The van der Waals surface area contributed by atoms with Crippen molar-refractivity contribution in [3.05, 3.63) is 96.4 Å². The molecule has 1 amide bonds. The summed E-state index contributed by atoms with van der Waals surface area (Å²) in [4.78, 5) is 22.1. The first-order valence-electron chi connectivity index (χ1n) is 19.7. The number of benzene rings is 2. The highest BCUT2D eigenvalue weighted by Gasteiger charge is 2.65. The fourth-order valence-electron chi connectivity index (χ4n) is 8.38. The van der Waals surface area contributed by atoms with E-state index in [0.29, 0.717) is 42.2 Å². The van der Waals surface area contributed by atoms with Crippen molar-refractivity contribution in [1.29, 1.82) is 0 Å². The van der Waals surface area contributed by atoms with Crippen molar-refractivity contribution >= 4 is 23.4 Å². The molecule has 0 radical (unpaired) electrons. The summed E-state index contributed by atoms with van der Waals surface area (Å²) in [5.74, 6) is -1.19. The summed E-state index contributed by atoms with van der Waals surface area (Å²) in [6.07, 6.45) is 9.70. The summed E-state index contributed by atoms with van der Waals surface area (Å²) in [7, 11) is 0. The minimum Gasteiger partial charge on any atom is -0.490 e. The van der Waals surface area contributed by atoms with Crippen LogP contribution in [-0.2, 0) is 20.9 Å². The number of rotatable bonds is 20. The molecule has 0 spiro atoms. The summed E-state index contributed by atoms with van der Waals surface area (Å²) in [6.45, 7) is 14.2. The van der Waals surface area contributed by atoms with Gasteiger partial charge in [-0.3, -0.25) is 4.90 Å². The topological polar surface area (TPSA) is 119 Å². The van der Waals surface area contributed by atoms with Crippen molar-refractivity contribution < 1.29 is 43.2 Å². The molecular formula is C44H58ClFN2O8. The Hall–Kier alpha value is -3.90. The third-order valence-corrected chi connectivity index (χ3v) is 10.8. The number of aliphatic hydroxyl groups is 2. The second kappa shape index (κ2) is 20.0. The molecule has 6 atom stereocenters. The number of unbranched alkanes of at least 4 members (excludes halogenated alkanes) is 2. The minimum absolute atomic E-state index is 0.0293. The van der Waals surface area contributed by atoms with Crippen molar-refractivity contribution in [2.24, 2.45) is 22.9 Å². The van der Waals surface area contributed by atoms with Gasteiger partial charge in [-0.25, -0.2) is 9.18 Å². The molecule has 3 aliphatic rings. The van der Waals surface area contributed by atoms with Crippen LogP contribution in [0.3, 0.4) is 0 Å². The average molecular weight is 797 g/mol. The zero-order valence-electron chi connectivity index (χ0n) is 33.0. The number of hydrogen-bond acceptors (Lipinski definition) is 9. The van der Waals surface area contributed by atoms with Crippen LogP contribution in [0.15, 0.2) is 84.6 Å². The van der Waals surface area contributed by atoms with Gasteiger partial charge in [-0.15, -0.1) is 18.2 Å². The molecule has 12 heteroatoms. The first-order valence-corrected chi connectivity index (χ1v) is 20.3. The number of carbonyl (C=O) groups is 1. The molecule has 56 heavy (non-hydrogen) atoms. The molecule has 1 aliphatic heterocycles. The predicted octanol–water partition coefficient (Wildman–Crippen LogP) is 8.70. The Morgan fingerprint density at radius 1 is 1.05 bits per heavy atom. The zero-order valence-corrected chi connectivity index (χ0v) is 33.7. The largest absolute Gasteiger partial charge is 0.490 e. The Morgan fingerprint density at radius 3 is 2.43 bits per heavy atom. The lowest BCUT2D eigenvalue weighted by Gasteiger charge is -2.60. The van der Waals surface area contributed by atoms with Crippen LogP contribution < -0.4 is 9.47 Å². The molecule has 2 aromatic carbocycles. The lowest BCUT2D eigenvalue weighted by Crippen LogP contribution is -2.70. The number of aliphatic hydroxyl groups excluding tert-OH is 2. The lowest BCUT2D eigenvalue weighted by molar-refractivity contribution is -0.256. The monoisotopic (exact) mass is 796 g/mol. The third kappa shape index (κ3) is 10.1. The highest BCUT2D eigenvalue weighted by molar-refractivity contribution is 6.18. The van der Waals surface area contributed by atoms with Crippen LogP contribution in [0, 0.1) is 23.6 Å². The van der Waals surface area contributed by atoms with Crippen LogP contribution >= 0.6 is 11.6 Å². The van der Waals surface area contributed by atoms with Gasteiger partial charge in [0.1, 0.15) is 42.2 Å². The average Bonchev–Trinajstić information content (AvgIpc) is 3.18. The van der Waals surface area contributed by atoms with Gasteiger partial charge in [0.05, 0.1) is 24.1 Å². The number of oxime groups is 1. The van der Waals surface area contributed by atoms with Gasteiger partial charge >= 0.3 is 6.09 Å². The smallest absolute Gasteiger partial charge is 0.410 e. The number of allylic oxidation sites excluding steroid dienone is 1. The molecule has 2 aliphatic carbocycles. The van der Waals surface area contributed by atoms with Gasteiger partial charge in [-0.05, 0) is 99.8 Å². The molecule has 1 saturated carbocycles. The van der Waals surface area contributed by atoms with Crippen molar-refractivity contribution in [2.75, 3.05) is 38.9 Å². The van der Waals surface area contributed by atoms with Gasteiger partial charge in [0.2, 0.25) is 5.79 Å². The Kier molecular flexibility index (Phi) is 15.4. The highest BCUT2D eigenvalue weighted by atomic mass is 35.5. The number of carbonyl (C=O) groups excluding carboxylic acids is 1. The summed E-state index contributed by atoms with van der Waals surface area (Å²) in [5.41, 5.74) is 2.54. The van der Waals surface area contributed by atoms with Crippen molar-refractivity contribution in [3.8, 4) is 11.5 Å². The van der Waals surface area contributed by atoms with E-state index in [-0.39, 0.29) is 63.0 Å².